The standard InChI is InChI=1S/C19H14FN5O3S/c20-15-8-4-5-9-16(15)29(27,28)24-17-10-11-25-18(23-17)14(12-21-25)19(26)22-13-6-2-1-3-7-13/h1-12H,(H,22,26)(H,23,24). The molecule has 0 radical (unpaired) electrons. The lowest BCUT2D eigenvalue weighted by Crippen LogP contribution is -2.16. The molecule has 1 amide bonds. The number of carbonyl (C=O) groups is 1. The lowest BCUT2D eigenvalue weighted by Gasteiger charge is -2.08. The maximum atomic E-state index is 13.9. The van der Waals surface area contributed by atoms with Gasteiger partial charge in [-0.15, -0.1) is 0 Å². The molecule has 0 saturated heterocycles. The zero-order valence-electron chi connectivity index (χ0n) is 14.8. The third kappa shape index (κ3) is 3.78. The zero-order chi connectivity index (χ0) is 20.4. The van der Waals surface area contributed by atoms with Crippen LogP contribution in [0.4, 0.5) is 15.9 Å². The number of para-hydroxylation sites is 1. The molecule has 10 heteroatoms. The zero-order valence-corrected chi connectivity index (χ0v) is 15.6. The van der Waals surface area contributed by atoms with E-state index in [1.54, 1.807) is 24.3 Å². The smallest absolute Gasteiger partial charge is 0.265 e. The molecule has 0 fully saturated rings. The van der Waals surface area contributed by atoms with Crippen molar-refractivity contribution in [3.63, 3.8) is 0 Å². The maximum Gasteiger partial charge on any atom is 0.265 e. The van der Waals surface area contributed by atoms with Gasteiger partial charge in [-0.25, -0.2) is 22.3 Å². The van der Waals surface area contributed by atoms with Crippen molar-refractivity contribution in [2.24, 2.45) is 0 Å². The summed E-state index contributed by atoms with van der Waals surface area (Å²) < 4.78 is 42.3. The van der Waals surface area contributed by atoms with Crippen LogP contribution in [0.1, 0.15) is 10.4 Å². The minimum atomic E-state index is -4.20. The van der Waals surface area contributed by atoms with Crippen LogP contribution >= 0.6 is 0 Å². The van der Waals surface area contributed by atoms with Crippen molar-refractivity contribution >= 4 is 33.1 Å². The first kappa shape index (κ1) is 18.6. The van der Waals surface area contributed by atoms with E-state index in [2.05, 4.69) is 20.1 Å². The topological polar surface area (TPSA) is 105 Å². The molecule has 0 spiro atoms. The van der Waals surface area contributed by atoms with Crippen LogP contribution in [0, 0.1) is 5.82 Å². The van der Waals surface area contributed by atoms with E-state index in [1.165, 1.54) is 35.1 Å². The number of anilines is 2. The molecular weight excluding hydrogens is 397 g/mol. The third-order valence-corrected chi connectivity index (χ3v) is 5.40. The van der Waals surface area contributed by atoms with E-state index < -0.39 is 26.6 Å². The summed E-state index contributed by atoms with van der Waals surface area (Å²) in [5.41, 5.74) is 0.890. The Morgan fingerprint density at radius 3 is 2.48 bits per heavy atom. The largest absolute Gasteiger partial charge is 0.322 e. The van der Waals surface area contributed by atoms with Gasteiger partial charge in [0, 0.05) is 11.9 Å². The molecule has 8 nitrogen and oxygen atoms in total. The molecule has 0 aliphatic heterocycles. The van der Waals surface area contributed by atoms with E-state index in [0.717, 1.165) is 12.1 Å². The van der Waals surface area contributed by atoms with Gasteiger partial charge in [0.1, 0.15) is 22.1 Å². The van der Waals surface area contributed by atoms with Crippen molar-refractivity contribution in [1.29, 1.82) is 0 Å². The van der Waals surface area contributed by atoms with Crippen LogP contribution in [-0.2, 0) is 10.0 Å². The highest BCUT2D eigenvalue weighted by Crippen LogP contribution is 2.19. The van der Waals surface area contributed by atoms with Crippen molar-refractivity contribution < 1.29 is 17.6 Å². The molecule has 0 unspecified atom stereocenters. The number of hydrogen-bond donors (Lipinski definition) is 2. The first-order chi connectivity index (χ1) is 13.9. The number of amides is 1. The van der Waals surface area contributed by atoms with Gasteiger partial charge in [-0.2, -0.15) is 5.10 Å². The highest BCUT2D eigenvalue weighted by molar-refractivity contribution is 7.92. The van der Waals surface area contributed by atoms with Crippen LogP contribution in [0.2, 0.25) is 0 Å². The van der Waals surface area contributed by atoms with Gasteiger partial charge in [0.25, 0.3) is 15.9 Å². The number of aromatic nitrogens is 3. The van der Waals surface area contributed by atoms with E-state index in [-0.39, 0.29) is 17.0 Å². The molecule has 2 N–H and O–H groups in total. The fourth-order valence-electron chi connectivity index (χ4n) is 2.66. The molecule has 2 heterocycles. The Labute approximate surface area is 165 Å². The van der Waals surface area contributed by atoms with Crippen molar-refractivity contribution in [2.75, 3.05) is 10.0 Å². The molecule has 0 saturated carbocycles. The van der Waals surface area contributed by atoms with Gasteiger partial charge in [0.2, 0.25) is 0 Å². The Balaban J connectivity index is 1.65. The number of hydrogen-bond acceptors (Lipinski definition) is 5. The molecule has 0 aliphatic rings. The Hall–Kier alpha value is -3.79. The van der Waals surface area contributed by atoms with Crippen LogP contribution < -0.4 is 10.0 Å². The van der Waals surface area contributed by atoms with Gasteiger partial charge < -0.3 is 5.32 Å². The van der Waals surface area contributed by atoms with Crippen molar-refractivity contribution in [3.05, 3.63) is 84.4 Å². The predicted molar refractivity (Wildman–Crippen MR) is 105 cm³/mol. The second-order valence-electron chi connectivity index (χ2n) is 6.00. The summed E-state index contributed by atoms with van der Waals surface area (Å²) in [5, 5.41) is 6.76. The molecule has 4 aromatic rings. The second kappa shape index (κ2) is 7.32. The number of halogens is 1. The van der Waals surface area contributed by atoms with Gasteiger partial charge in [0.15, 0.2) is 5.65 Å². The summed E-state index contributed by atoms with van der Waals surface area (Å²) in [4.78, 5) is 16.2. The number of sulfonamides is 1. The molecule has 146 valence electrons. The van der Waals surface area contributed by atoms with E-state index in [4.69, 9.17) is 0 Å². The summed E-state index contributed by atoms with van der Waals surface area (Å²) in [5.74, 6) is -1.41. The van der Waals surface area contributed by atoms with E-state index in [9.17, 15) is 17.6 Å². The molecule has 29 heavy (non-hydrogen) atoms. The molecule has 4 rings (SSSR count). The van der Waals surface area contributed by atoms with Crippen LogP contribution in [0.3, 0.4) is 0 Å². The van der Waals surface area contributed by atoms with Crippen molar-refractivity contribution in [3.8, 4) is 0 Å². The lowest BCUT2D eigenvalue weighted by molar-refractivity contribution is 0.102. The summed E-state index contributed by atoms with van der Waals surface area (Å²) in [6, 6.07) is 15.2. The normalized spacial score (nSPS) is 11.3. The van der Waals surface area contributed by atoms with Crippen LogP contribution in [-0.4, -0.2) is 28.9 Å². The van der Waals surface area contributed by atoms with Crippen LogP contribution in [0.15, 0.2) is 78.0 Å². The Morgan fingerprint density at radius 1 is 1.00 bits per heavy atom. The number of nitrogens with zero attached hydrogens (tertiary/aromatic N) is 3. The third-order valence-electron chi connectivity index (χ3n) is 4.01. The Kier molecular flexibility index (Phi) is 4.69. The van der Waals surface area contributed by atoms with Crippen molar-refractivity contribution in [1.82, 2.24) is 14.6 Å². The Bertz CT molecular complexity index is 1310. The SMILES string of the molecule is O=C(Nc1ccccc1)c1cnn2ccc(NS(=O)(=O)c3ccccc3F)nc12. The predicted octanol–water partition coefficient (Wildman–Crippen LogP) is 2.92. The fourth-order valence-corrected chi connectivity index (χ4v) is 3.74. The summed E-state index contributed by atoms with van der Waals surface area (Å²) in [7, 11) is -4.20. The van der Waals surface area contributed by atoms with Crippen LogP contribution in [0.25, 0.3) is 5.65 Å². The molecule has 0 bridgehead atoms. The molecular formula is C19H14FN5O3S. The first-order valence-corrected chi connectivity index (χ1v) is 9.90. The number of benzene rings is 2. The molecule has 2 aromatic carbocycles. The van der Waals surface area contributed by atoms with Crippen LogP contribution in [0.5, 0.6) is 0 Å². The number of nitrogens with one attached hydrogen (secondary N) is 2. The number of carbonyl (C=O) groups excluding carboxylic acids is 1. The summed E-state index contributed by atoms with van der Waals surface area (Å²) >= 11 is 0. The van der Waals surface area contributed by atoms with Crippen molar-refractivity contribution in [2.45, 2.75) is 4.90 Å². The molecule has 2 aromatic heterocycles. The Morgan fingerprint density at radius 2 is 1.72 bits per heavy atom. The number of fused-ring (bicyclic) bond motifs is 1. The summed E-state index contributed by atoms with van der Waals surface area (Å²) in [6.45, 7) is 0. The van der Waals surface area contributed by atoms with E-state index >= 15 is 0 Å². The van der Waals surface area contributed by atoms with Gasteiger partial charge in [-0.1, -0.05) is 30.3 Å². The first-order valence-electron chi connectivity index (χ1n) is 8.42. The molecule has 0 aliphatic carbocycles. The highest BCUT2D eigenvalue weighted by Gasteiger charge is 2.20. The van der Waals surface area contributed by atoms with Gasteiger partial charge in [-0.05, 0) is 30.3 Å². The van der Waals surface area contributed by atoms with E-state index in [0.29, 0.717) is 5.69 Å². The average molecular weight is 411 g/mol. The lowest BCUT2D eigenvalue weighted by atomic mass is 10.2. The highest BCUT2D eigenvalue weighted by atomic mass is 32.2. The van der Waals surface area contributed by atoms with Gasteiger partial charge in [0.05, 0.1) is 6.20 Å². The maximum absolute atomic E-state index is 13.9. The van der Waals surface area contributed by atoms with E-state index in [1.807, 2.05) is 6.07 Å². The fraction of sp³-hybridized carbons (Fsp3) is 0. The average Bonchev–Trinajstić information content (AvgIpc) is 3.12. The van der Waals surface area contributed by atoms with Gasteiger partial charge in [-0.3, -0.25) is 9.52 Å². The minimum Gasteiger partial charge on any atom is -0.322 e. The minimum absolute atomic E-state index is 0.0741. The quantitative estimate of drug-likeness (QED) is 0.525. The second-order valence-corrected chi connectivity index (χ2v) is 7.65. The van der Waals surface area contributed by atoms with Gasteiger partial charge >= 0.3 is 0 Å². The molecule has 0 atom stereocenters. The monoisotopic (exact) mass is 411 g/mol. The summed E-state index contributed by atoms with van der Waals surface area (Å²) in [6.07, 6.45) is 2.77. The number of rotatable bonds is 5.